The standard InChI is InChI=1S/C16H19BrFNO/c1-3-10-19-16(14-9-8-11(4-2)20-14)12-6-5-7-13(18)15(12)17/h5-9,16,19H,3-4,10H2,1-2H3. The molecule has 0 saturated heterocycles. The maximum atomic E-state index is 13.7. The number of furan rings is 1. The first-order valence-electron chi connectivity index (χ1n) is 6.93. The van der Waals surface area contributed by atoms with Crippen LogP contribution in [0.25, 0.3) is 0 Å². The van der Waals surface area contributed by atoms with E-state index in [0.717, 1.165) is 36.5 Å². The predicted octanol–water partition coefficient (Wildman–Crippen LogP) is 4.83. The number of halogens is 2. The molecule has 0 bridgehead atoms. The summed E-state index contributed by atoms with van der Waals surface area (Å²) >= 11 is 3.34. The molecular formula is C16H19BrFNO. The van der Waals surface area contributed by atoms with E-state index in [-0.39, 0.29) is 11.9 Å². The molecule has 4 heteroatoms. The Balaban J connectivity index is 2.38. The van der Waals surface area contributed by atoms with Crippen molar-refractivity contribution in [3.05, 3.63) is 57.7 Å². The third-order valence-corrected chi connectivity index (χ3v) is 4.04. The van der Waals surface area contributed by atoms with E-state index >= 15 is 0 Å². The van der Waals surface area contributed by atoms with Crippen molar-refractivity contribution in [3.8, 4) is 0 Å². The van der Waals surface area contributed by atoms with Gasteiger partial charge in [-0.05, 0) is 52.7 Å². The van der Waals surface area contributed by atoms with Crippen molar-refractivity contribution in [2.75, 3.05) is 6.54 Å². The normalized spacial score (nSPS) is 12.6. The fraction of sp³-hybridized carbons (Fsp3) is 0.375. The Morgan fingerprint density at radius 1 is 1.25 bits per heavy atom. The first-order chi connectivity index (χ1) is 9.67. The van der Waals surface area contributed by atoms with Crippen LogP contribution < -0.4 is 5.32 Å². The summed E-state index contributed by atoms with van der Waals surface area (Å²) < 4.78 is 20.1. The molecule has 1 atom stereocenters. The third kappa shape index (κ3) is 3.30. The summed E-state index contributed by atoms with van der Waals surface area (Å²) in [7, 11) is 0. The molecule has 1 aromatic heterocycles. The molecule has 0 radical (unpaired) electrons. The van der Waals surface area contributed by atoms with Crippen molar-refractivity contribution < 1.29 is 8.81 Å². The highest BCUT2D eigenvalue weighted by molar-refractivity contribution is 9.10. The van der Waals surface area contributed by atoms with Gasteiger partial charge in [0.1, 0.15) is 17.3 Å². The summed E-state index contributed by atoms with van der Waals surface area (Å²) in [6.45, 7) is 5.00. The Hall–Kier alpha value is -1.13. The lowest BCUT2D eigenvalue weighted by atomic mass is 10.0. The molecule has 0 amide bonds. The molecule has 108 valence electrons. The van der Waals surface area contributed by atoms with Gasteiger partial charge in [0.25, 0.3) is 0 Å². The van der Waals surface area contributed by atoms with E-state index in [1.165, 1.54) is 6.07 Å². The van der Waals surface area contributed by atoms with Gasteiger partial charge in [-0.2, -0.15) is 0 Å². The molecule has 1 N–H and O–H groups in total. The van der Waals surface area contributed by atoms with E-state index < -0.39 is 0 Å². The maximum Gasteiger partial charge on any atom is 0.137 e. The average Bonchev–Trinajstić information content (AvgIpc) is 2.92. The van der Waals surface area contributed by atoms with Crippen LogP contribution in [0.15, 0.2) is 39.2 Å². The molecule has 0 aliphatic rings. The molecule has 2 aromatic rings. The highest BCUT2D eigenvalue weighted by Crippen LogP contribution is 2.31. The van der Waals surface area contributed by atoms with Gasteiger partial charge in [-0.25, -0.2) is 4.39 Å². The van der Waals surface area contributed by atoms with Crippen molar-refractivity contribution >= 4 is 15.9 Å². The molecule has 0 spiro atoms. The van der Waals surface area contributed by atoms with Crippen molar-refractivity contribution in [2.24, 2.45) is 0 Å². The van der Waals surface area contributed by atoms with Gasteiger partial charge >= 0.3 is 0 Å². The fourth-order valence-corrected chi connectivity index (χ4v) is 2.63. The van der Waals surface area contributed by atoms with Crippen molar-refractivity contribution in [1.82, 2.24) is 5.32 Å². The highest BCUT2D eigenvalue weighted by atomic mass is 79.9. The zero-order valence-electron chi connectivity index (χ0n) is 11.7. The summed E-state index contributed by atoms with van der Waals surface area (Å²) in [4.78, 5) is 0. The van der Waals surface area contributed by atoms with Crippen LogP contribution in [0.5, 0.6) is 0 Å². The molecule has 20 heavy (non-hydrogen) atoms. The average molecular weight is 340 g/mol. The molecule has 1 unspecified atom stereocenters. The van der Waals surface area contributed by atoms with Crippen molar-refractivity contribution in [3.63, 3.8) is 0 Å². The Morgan fingerprint density at radius 3 is 2.70 bits per heavy atom. The zero-order valence-corrected chi connectivity index (χ0v) is 13.3. The van der Waals surface area contributed by atoms with Crippen LogP contribution in [-0.2, 0) is 6.42 Å². The van der Waals surface area contributed by atoms with Gasteiger partial charge in [-0.3, -0.25) is 0 Å². The number of nitrogens with one attached hydrogen (secondary N) is 1. The zero-order chi connectivity index (χ0) is 14.5. The van der Waals surface area contributed by atoms with Crippen LogP contribution in [-0.4, -0.2) is 6.54 Å². The minimum atomic E-state index is -0.256. The molecule has 0 saturated carbocycles. The lowest BCUT2D eigenvalue weighted by Gasteiger charge is -2.18. The molecule has 2 rings (SSSR count). The third-order valence-electron chi connectivity index (χ3n) is 3.21. The molecule has 0 aliphatic heterocycles. The summed E-state index contributed by atoms with van der Waals surface area (Å²) in [6.07, 6.45) is 1.86. The van der Waals surface area contributed by atoms with Gasteiger partial charge < -0.3 is 9.73 Å². The van der Waals surface area contributed by atoms with Gasteiger partial charge in [0.2, 0.25) is 0 Å². The van der Waals surface area contributed by atoms with Gasteiger partial charge in [0.15, 0.2) is 0 Å². The molecule has 2 nitrogen and oxygen atoms in total. The summed E-state index contributed by atoms with van der Waals surface area (Å²) in [5, 5.41) is 3.42. The van der Waals surface area contributed by atoms with Gasteiger partial charge in [-0.15, -0.1) is 0 Å². The second-order valence-corrected chi connectivity index (χ2v) is 5.48. The Morgan fingerprint density at radius 2 is 2.05 bits per heavy atom. The van der Waals surface area contributed by atoms with Crippen LogP contribution >= 0.6 is 15.9 Å². The lowest BCUT2D eigenvalue weighted by molar-refractivity contribution is 0.420. The molecule has 0 aliphatic carbocycles. The molecular weight excluding hydrogens is 321 g/mol. The Kier molecular flexibility index (Phi) is 5.38. The number of rotatable bonds is 6. The second kappa shape index (κ2) is 7.04. The molecule has 0 fully saturated rings. The topological polar surface area (TPSA) is 25.2 Å². The first kappa shape index (κ1) is 15.3. The fourth-order valence-electron chi connectivity index (χ4n) is 2.14. The first-order valence-corrected chi connectivity index (χ1v) is 7.72. The van der Waals surface area contributed by atoms with Gasteiger partial charge in [0.05, 0.1) is 10.5 Å². The maximum absolute atomic E-state index is 13.7. The number of aryl methyl sites for hydroxylation is 1. The van der Waals surface area contributed by atoms with Crippen LogP contribution in [0.3, 0.4) is 0 Å². The van der Waals surface area contributed by atoms with E-state index in [0.29, 0.717) is 4.47 Å². The number of hydrogen-bond donors (Lipinski definition) is 1. The van der Waals surface area contributed by atoms with E-state index in [1.54, 1.807) is 6.07 Å². The lowest BCUT2D eigenvalue weighted by Crippen LogP contribution is -2.23. The Bertz CT molecular complexity index is 567. The highest BCUT2D eigenvalue weighted by Gasteiger charge is 2.21. The molecule has 1 aromatic carbocycles. The molecule has 1 heterocycles. The van der Waals surface area contributed by atoms with Crippen LogP contribution in [0.2, 0.25) is 0 Å². The second-order valence-electron chi connectivity index (χ2n) is 4.69. The van der Waals surface area contributed by atoms with Crippen LogP contribution in [0.1, 0.15) is 43.4 Å². The largest absolute Gasteiger partial charge is 0.464 e. The SMILES string of the molecule is CCCNC(c1ccc(CC)o1)c1cccc(F)c1Br. The van der Waals surface area contributed by atoms with E-state index in [9.17, 15) is 4.39 Å². The van der Waals surface area contributed by atoms with Crippen molar-refractivity contribution in [1.29, 1.82) is 0 Å². The van der Waals surface area contributed by atoms with Crippen molar-refractivity contribution in [2.45, 2.75) is 32.7 Å². The summed E-state index contributed by atoms with van der Waals surface area (Å²) in [6, 6.07) is 8.88. The summed E-state index contributed by atoms with van der Waals surface area (Å²) in [5.41, 5.74) is 0.857. The number of hydrogen-bond acceptors (Lipinski definition) is 2. The smallest absolute Gasteiger partial charge is 0.137 e. The number of benzene rings is 1. The minimum absolute atomic E-state index is 0.139. The Labute approximate surface area is 127 Å². The van der Waals surface area contributed by atoms with E-state index in [4.69, 9.17) is 4.42 Å². The summed E-state index contributed by atoms with van der Waals surface area (Å²) in [5.74, 6) is 1.51. The van der Waals surface area contributed by atoms with Crippen LogP contribution in [0.4, 0.5) is 4.39 Å². The predicted molar refractivity (Wildman–Crippen MR) is 82.3 cm³/mol. The van der Waals surface area contributed by atoms with E-state index in [2.05, 4.69) is 35.1 Å². The van der Waals surface area contributed by atoms with E-state index in [1.807, 2.05) is 18.2 Å². The monoisotopic (exact) mass is 339 g/mol. The quantitative estimate of drug-likeness (QED) is 0.815. The van der Waals surface area contributed by atoms with Gasteiger partial charge in [-0.1, -0.05) is 26.0 Å². The van der Waals surface area contributed by atoms with Crippen LogP contribution in [0, 0.1) is 5.82 Å². The van der Waals surface area contributed by atoms with Gasteiger partial charge in [0, 0.05) is 6.42 Å². The minimum Gasteiger partial charge on any atom is -0.464 e.